The lowest BCUT2D eigenvalue weighted by atomic mass is 9.83. The van der Waals surface area contributed by atoms with Gasteiger partial charge in [0.05, 0.1) is 32.6 Å². The molecule has 6 rings (SSSR count). The van der Waals surface area contributed by atoms with Crippen LogP contribution in [0.3, 0.4) is 0 Å². The third kappa shape index (κ3) is 5.64. The van der Waals surface area contributed by atoms with Crippen molar-refractivity contribution < 1.29 is 13.3 Å². The average molecular weight is 513 g/mol. The Balaban J connectivity index is 0.000000149. The van der Waals surface area contributed by atoms with E-state index in [9.17, 15) is 13.7 Å². The third-order valence-electron chi connectivity index (χ3n) is 7.61. The molecule has 3 aliphatic rings. The molecule has 9 heteroatoms. The maximum absolute atomic E-state index is 13.2. The fourth-order valence-electron chi connectivity index (χ4n) is 5.40. The zero-order valence-electron chi connectivity index (χ0n) is 20.2. The van der Waals surface area contributed by atoms with Crippen LogP contribution in [0.5, 0.6) is 0 Å². The second-order valence-electron chi connectivity index (χ2n) is 10.3. The lowest BCUT2D eigenvalue weighted by Crippen LogP contribution is -2.24. The normalized spacial score (nSPS) is 20.5. The molecule has 0 atom stereocenters. The number of rotatable bonds is 5. The Labute approximate surface area is 213 Å². The number of nitriles is 1. The molecule has 0 bridgehead atoms. The van der Waals surface area contributed by atoms with Gasteiger partial charge < -0.3 is 4.52 Å². The monoisotopic (exact) mass is 512 g/mol. The number of thiazole rings is 1. The molecule has 0 radical (unpaired) electrons. The zero-order chi connectivity index (χ0) is 25.1. The van der Waals surface area contributed by atoms with Crippen LogP contribution in [-0.4, -0.2) is 16.1 Å². The Hall–Kier alpha value is -2.73. The van der Waals surface area contributed by atoms with Gasteiger partial charge >= 0.3 is 0 Å². The lowest BCUT2D eigenvalue weighted by molar-refractivity contribution is -0.0387. The fourth-order valence-corrected chi connectivity index (χ4v) is 6.57. The highest BCUT2D eigenvalue weighted by molar-refractivity contribution is 7.18. The summed E-state index contributed by atoms with van der Waals surface area (Å²) in [6.45, 7) is 0.0392. The third-order valence-corrected chi connectivity index (χ3v) is 8.79. The first kappa shape index (κ1) is 24.9. The van der Waals surface area contributed by atoms with Gasteiger partial charge in [-0.2, -0.15) is 10.2 Å². The van der Waals surface area contributed by atoms with E-state index >= 15 is 0 Å². The SMILES string of the molecule is N#Cc1ccc2nc(C3CCCCC3)sc2c1.O=NCc1c(C2CCC(F)(F)CC2)noc1C1CC1. The Morgan fingerprint density at radius 2 is 1.81 bits per heavy atom. The van der Waals surface area contributed by atoms with Crippen molar-refractivity contribution in [1.29, 1.82) is 5.26 Å². The number of aromatic nitrogens is 2. The molecular weight excluding hydrogens is 482 g/mol. The van der Waals surface area contributed by atoms with E-state index in [4.69, 9.17) is 14.8 Å². The Bertz CT molecular complexity index is 1240. The van der Waals surface area contributed by atoms with Gasteiger partial charge in [-0.3, -0.25) is 0 Å². The number of nitrogens with zero attached hydrogens (tertiary/aromatic N) is 4. The molecule has 0 saturated heterocycles. The summed E-state index contributed by atoms with van der Waals surface area (Å²) in [7, 11) is 0. The summed E-state index contributed by atoms with van der Waals surface area (Å²) in [6.07, 6.45) is 9.27. The van der Waals surface area contributed by atoms with Gasteiger partial charge in [-0.05, 0) is 56.7 Å². The second kappa shape index (κ2) is 10.7. The number of fused-ring (bicyclic) bond motifs is 1. The van der Waals surface area contributed by atoms with Crippen LogP contribution < -0.4 is 0 Å². The van der Waals surface area contributed by atoms with Crippen LogP contribution in [0.4, 0.5) is 8.78 Å². The summed E-state index contributed by atoms with van der Waals surface area (Å²) in [4.78, 5) is 15.3. The van der Waals surface area contributed by atoms with E-state index in [0.29, 0.717) is 30.4 Å². The number of alkyl halides is 2. The molecule has 0 aliphatic heterocycles. The van der Waals surface area contributed by atoms with Crippen molar-refractivity contribution in [3.05, 3.63) is 50.7 Å². The smallest absolute Gasteiger partial charge is 0.248 e. The van der Waals surface area contributed by atoms with Crippen molar-refractivity contribution in [1.82, 2.24) is 10.1 Å². The van der Waals surface area contributed by atoms with Crippen molar-refractivity contribution in [3.63, 3.8) is 0 Å². The van der Waals surface area contributed by atoms with Gasteiger partial charge in [0.2, 0.25) is 5.92 Å². The molecule has 1 aromatic carbocycles. The van der Waals surface area contributed by atoms with Crippen LogP contribution in [0.1, 0.15) is 116 Å². The minimum absolute atomic E-state index is 0.0207. The first-order valence-electron chi connectivity index (χ1n) is 12.9. The maximum Gasteiger partial charge on any atom is 0.248 e. The summed E-state index contributed by atoms with van der Waals surface area (Å²) in [5, 5.41) is 17.1. The van der Waals surface area contributed by atoms with Crippen molar-refractivity contribution >= 4 is 21.6 Å². The van der Waals surface area contributed by atoms with E-state index in [1.54, 1.807) is 11.3 Å². The van der Waals surface area contributed by atoms with Gasteiger partial charge in [-0.1, -0.05) is 29.6 Å². The van der Waals surface area contributed by atoms with Crippen molar-refractivity contribution in [3.8, 4) is 6.07 Å². The molecule has 2 heterocycles. The highest BCUT2D eigenvalue weighted by Crippen LogP contribution is 2.46. The Morgan fingerprint density at radius 1 is 1.06 bits per heavy atom. The lowest BCUT2D eigenvalue weighted by Gasteiger charge is -2.27. The molecule has 0 unspecified atom stereocenters. The van der Waals surface area contributed by atoms with E-state index < -0.39 is 5.92 Å². The predicted octanol–water partition coefficient (Wildman–Crippen LogP) is 8.33. The molecule has 3 aliphatic carbocycles. The van der Waals surface area contributed by atoms with Crippen LogP contribution in [0.2, 0.25) is 0 Å². The summed E-state index contributed by atoms with van der Waals surface area (Å²) in [5.74, 6) is -0.808. The topological polar surface area (TPSA) is 92.1 Å². The van der Waals surface area contributed by atoms with Crippen molar-refractivity contribution in [2.45, 2.75) is 101 Å². The Morgan fingerprint density at radius 3 is 2.47 bits per heavy atom. The minimum Gasteiger partial charge on any atom is -0.360 e. The summed E-state index contributed by atoms with van der Waals surface area (Å²) >= 11 is 1.77. The predicted molar refractivity (Wildman–Crippen MR) is 134 cm³/mol. The first-order chi connectivity index (χ1) is 17.5. The zero-order valence-corrected chi connectivity index (χ0v) is 21.0. The molecule has 36 heavy (non-hydrogen) atoms. The summed E-state index contributed by atoms with van der Waals surface area (Å²) < 4.78 is 32.8. The van der Waals surface area contributed by atoms with Crippen LogP contribution in [-0.2, 0) is 6.54 Å². The average Bonchev–Trinajstić information content (AvgIpc) is 3.51. The molecule has 2 aromatic heterocycles. The maximum atomic E-state index is 13.2. The molecule has 3 fully saturated rings. The fraction of sp³-hybridized carbons (Fsp3) is 0.593. The first-order valence-corrected chi connectivity index (χ1v) is 13.7. The standard InChI is InChI=1S/C14H14N2S.C13H16F2N2O2/c15-9-10-6-7-12-13(8-10)17-14(16-12)11-4-2-1-3-5-11;14-13(15)5-3-8(4-6-13)11-10(7-16-18)12(19-17-11)9-1-2-9/h6-8,11H,1-5H2;8-9H,1-7H2. The van der Waals surface area contributed by atoms with Crippen LogP contribution in [0.25, 0.3) is 10.2 Å². The van der Waals surface area contributed by atoms with E-state index in [1.165, 1.54) is 37.1 Å². The van der Waals surface area contributed by atoms with Gasteiger partial charge in [-0.25, -0.2) is 13.8 Å². The second-order valence-corrected chi connectivity index (χ2v) is 11.3. The molecule has 0 N–H and O–H groups in total. The van der Waals surface area contributed by atoms with Gasteiger partial charge in [0, 0.05) is 36.2 Å². The van der Waals surface area contributed by atoms with Gasteiger partial charge in [0.25, 0.3) is 0 Å². The molecule has 6 nitrogen and oxygen atoms in total. The van der Waals surface area contributed by atoms with Crippen molar-refractivity contribution in [2.24, 2.45) is 5.18 Å². The van der Waals surface area contributed by atoms with Crippen LogP contribution >= 0.6 is 11.3 Å². The number of halogens is 2. The minimum atomic E-state index is -2.55. The molecule has 190 valence electrons. The molecule has 3 aromatic rings. The molecule has 0 spiro atoms. The van der Waals surface area contributed by atoms with E-state index in [-0.39, 0.29) is 25.3 Å². The number of hydrogen-bond acceptors (Lipinski definition) is 7. The van der Waals surface area contributed by atoms with Gasteiger partial charge in [-0.15, -0.1) is 11.3 Å². The van der Waals surface area contributed by atoms with E-state index in [2.05, 4.69) is 16.4 Å². The summed E-state index contributed by atoms with van der Waals surface area (Å²) in [5.41, 5.74) is 3.23. The van der Waals surface area contributed by atoms with Crippen molar-refractivity contribution in [2.75, 3.05) is 0 Å². The number of hydrogen-bond donors (Lipinski definition) is 0. The quantitative estimate of drug-likeness (QED) is 0.320. The van der Waals surface area contributed by atoms with E-state index in [1.807, 2.05) is 18.2 Å². The molecule has 3 saturated carbocycles. The van der Waals surface area contributed by atoms with Gasteiger partial charge in [0.1, 0.15) is 12.3 Å². The highest BCUT2D eigenvalue weighted by Gasteiger charge is 2.39. The van der Waals surface area contributed by atoms with Crippen LogP contribution in [0.15, 0.2) is 27.9 Å². The van der Waals surface area contributed by atoms with E-state index in [0.717, 1.165) is 39.9 Å². The molecular formula is C27H30F2N4O2S. The number of nitroso groups, excluding NO2 is 1. The Kier molecular flexibility index (Phi) is 7.42. The van der Waals surface area contributed by atoms with Gasteiger partial charge in [0.15, 0.2) is 0 Å². The summed E-state index contributed by atoms with van der Waals surface area (Å²) in [6, 6.07) is 7.97. The van der Waals surface area contributed by atoms with Crippen LogP contribution in [0, 0.1) is 16.2 Å². The number of benzene rings is 1. The largest absolute Gasteiger partial charge is 0.360 e. The highest BCUT2D eigenvalue weighted by atomic mass is 32.1. The molecule has 0 amide bonds.